The maximum Gasteiger partial charge on any atom is 0.251 e. The molecule has 5 aliphatic rings. The third kappa shape index (κ3) is 6.24. The van der Waals surface area contributed by atoms with Crippen LogP contribution in [0.1, 0.15) is 113 Å². The van der Waals surface area contributed by atoms with E-state index in [1.165, 1.54) is 25.3 Å². The largest absolute Gasteiger partial charge is 0.349 e. The number of aromatic nitrogens is 3. The number of rotatable bonds is 8. The number of likely N-dealkylation sites (tertiary alicyclic amines) is 2. The topological polar surface area (TPSA) is 116 Å². The Balaban J connectivity index is 1.09. The summed E-state index contributed by atoms with van der Waals surface area (Å²) in [5.74, 6) is -0.0459. The summed E-state index contributed by atoms with van der Waals surface area (Å²) < 4.78 is 17.8. The summed E-state index contributed by atoms with van der Waals surface area (Å²) in [6, 6.07) is 12.0. The zero-order valence-electron chi connectivity index (χ0n) is 33.0. The van der Waals surface area contributed by atoms with Crippen LogP contribution in [-0.4, -0.2) is 86.4 Å². The number of aryl methyl sites for hydroxylation is 1. The van der Waals surface area contributed by atoms with Crippen molar-refractivity contribution in [1.29, 1.82) is 0 Å². The Morgan fingerprint density at radius 3 is 2.38 bits per heavy atom. The van der Waals surface area contributed by atoms with E-state index >= 15 is 4.39 Å². The third-order valence-corrected chi connectivity index (χ3v) is 13.5. The van der Waals surface area contributed by atoms with Gasteiger partial charge in [0.05, 0.1) is 28.6 Å². The van der Waals surface area contributed by atoms with Gasteiger partial charge in [0.2, 0.25) is 11.8 Å². The number of imidazole rings is 1. The number of fused-ring (bicyclic) bond motifs is 3. The van der Waals surface area contributed by atoms with Crippen LogP contribution in [0.4, 0.5) is 21.6 Å². The number of carbonyl (C=O) groups excluding carboxylic acids is 3. The van der Waals surface area contributed by atoms with E-state index in [1.807, 2.05) is 21.6 Å². The first-order valence-electron chi connectivity index (χ1n) is 20.7. The minimum absolute atomic E-state index is 0.0468. The fraction of sp³-hybridized carbons (Fsp3) is 0.523. The van der Waals surface area contributed by atoms with Gasteiger partial charge in [0.15, 0.2) is 5.82 Å². The lowest BCUT2D eigenvalue weighted by Gasteiger charge is -2.48. The Labute approximate surface area is 328 Å². The molecular formula is C44H53FN8O3. The fourth-order valence-corrected chi connectivity index (χ4v) is 9.79. The zero-order valence-corrected chi connectivity index (χ0v) is 33.0. The van der Waals surface area contributed by atoms with Gasteiger partial charge in [-0.1, -0.05) is 18.6 Å². The predicted octanol–water partition coefficient (Wildman–Crippen LogP) is 7.40. The van der Waals surface area contributed by atoms with Crippen molar-refractivity contribution in [3.8, 4) is 11.3 Å². The molecule has 3 amide bonds. The van der Waals surface area contributed by atoms with E-state index in [4.69, 9.17) is 9.97 Å². The Morgan fingerprint density at radius 1 is 0.946 bits per heavy atom. The van der Waals surface area contributed by atoms with Gasteiger partial charge in [0.1, 0.15) is 11.3 Å². The van der Waals surface area contributed by atoms with Gasteiger partial charge in [0, 0.05) is 61.0 Å². The molecule has 2 aromatic carbocycles. The summed E-state index contributed by atoms with van der Waals surface area (Å²) in [6.45, 7) is 10.9. The molecule has 2 aliphatic carbocycles. The lowest BCUT2D eigenvalue weighted by Crippen LogP contribution is -2.58. The van der Waals surface area contributed by atoms with Crippen molar-refractivity contribution in [1.82, 2.24) is 29.7 Å². The molecule has 294 valence electrons. The molecule has 4 aromatic rings. The quantitative estimate of drug-likeness (QED) is 0.193. The molecule has 2 saturated heterocycles. The molecule has 5 heterocycles. The normalized spacial score (nSPS) is 22.4. The number of nitrogens with zero attached hydrogens (tertiary/aromatic N) is 6. The monoisotopic (exact) mass is 760 g/mol. The number of nitrogens with one attached hydrogen (secondary N) is 2. The number of amides is 3. The molecule has 0 bridgehead atoms. The molecule has 2 N–H and O–H groups in total. The molecule has 0 unspecified atom stereocenters. The van der Waals surface area contributed by atoms with Crippen LogP contribution in [-0.2, 0) is 15.0 Å². The summed E-state index contributed by atoms with van der Waals surface area (Å²) in [5.41, 5.74) is 5.37. The number of hydrogen-bond donors (Lipinski definition) is 2. The SMILES string of the molecule is CC(=O)N1CCC2(CC1)C(=O)N(C1CC(N3CCCCC3)C1)c1cc(-c3cc4ncn(C(C)C)c4c(Nc4cc(C(=O)NC5CCC5)c(C)cc4F)n3)ccc12. The number of anilines is 3. The van der Waals surface area contributed by atoms with Crippen molar-refractivity contribution in [2.45, 2.75) is 121 Å². The minimum atomic E-state index is -0.665. The molecule has 4 fully saturated rings. The second-order valence-corrected chi connectivity index (χ2v) is 17.2. The van der Waals surface area contributed by atoms with Crippen LogP contribution in [0.5, 0.6) is 0 Å². The third-order valence-electron chi connectivity index (χ3n) is 13.5. The van der Waals surface area contributed by atoms with Gasteiger partial charge < -0.3 is 29.9 Å². The number of hydrogen-bond acceptors (Lipinski definition) is 7. The van der Waals surface area contributed by atoms with Crippen LogP contribution in [0.15, 0.2) is 42.7 Å². The molecule has 2 aromatic heterocycles. The van der Waals surface area contributed by atoms with Crippen molar-refractivity contribution >= 4 is 45.9 Å². The molecule has 12 heteroatoms. The predicted molar refractivity (Wildman–Crippen MR) is 216 cm³/mol. The van der Waals surface area contributed by atoms with Gasteiger partial charge in [-0.2, -0.15) is 0 Å². The summed E-state index contributed by atoms with van der Waals surface area (Å²) in [4.78, 5) is 56.9. The first kappa shape index (κ1) is 36.8. The Morgan fingerprint density at radius 2 is 1.70 bits per heavy atom. The molecular weight excluding hydrogens is 708 g/mol. The van der Waals surface area contributed by atoms with E-state index in [0.29, 0.717) is 60.1 Å². The van der Waals surface area contributed by atoms with E-state index in [-0.39, 0.29) is 41.5 Å². The van der Waals surface area contributed by atoms with Crippen molar-refractivity contribution in [3.05, 3.63) is 65.2 Å². The molecule has 11 nitrogen and oxygen atoms in total. The average Bonchev–Trinajstić information content (AvgIpc) is 3.68. The fourth-order valence-electron chi connectivity index (χ4n) is 9.79. The number of benzene rings is 2. The zero-order chi connectivity index (χ0) is 38.9. The second-order valence-electron chi connectivity index (χ2n) is 17.2. The van der Waals surface area contributed by atoms with Gasteiger partial charge in [-0.3, -0.25) is 14.4 Å². The smallest absolute Gasteiger partial charge is 0.251 e. The van der Waals surface area contributed by atoms with Gasteiger partial charge in [-0.25, -0.2) is 14.4 Å². The Bertz CT molecular complexity index is 2210. The minimum Gasteiger partial charge on any atom is -0.349 e. The first-order valence-corrected chi connectivity index (χ1v) is 20.7. The van der Waals surface area contributed by atoms with E-state index in [2.05, 4.69) is 46.4 Å². The van der Waals surface area contributed by atoms with Crippen LogP contribution in [0.2, 0.25) is 0 Å². The highest BCUT2D eigenvalue weighted by atomic mass is 19.1. The highest BCUT2D eigenvalue weighted by Crippen LogP contribution is 2.52. The Kier molecular flexibility index (Phi) is 9.37. The van der Waals surface area contributed by atoms with Crippen LogP contribution in [0.25, 0.3) is 22.3 Å². The summed E-state index contributed by atoms with van der Waals surface area (Å²) in [7, 11) is 0. The van der Waals surface area contributed by atoms with E-state index in [1.54, 1.807) is 26.2 Å². The molecule has 2 saturated carbocycles. The summed E-state index contributed by atoms with van der Waals surface area (Å²) in [6.07, 6.45) is 11.7. The summed E-state index contributed by atoms with van der Waals surface area (Å²) >= 11 is 0. The molecule has 1 spiro atoms. The molecule has 0 radical (unpaired) electrons. The lowest BCUT2D eigenvalue weighted by atomic mass is 9.73. The van der Waals surface area contributed by atoms with E-state index in [0.717, 1.165) is 67.5 Å². The van der Waals surface area contributed by atoms with E-state index in [9.17, 15) is 14.4 Å². The number of halogens is 1. The first-order chi connectivity index (χ1) is 27.0. The van der Waals surface area contributed by atoms with E-state index < -0.39 is 11.2 Å². The van der Waals surface area contributed by atoms with Crippen molar-refractivity contribution in [3.63, 3.8) is 0 Å². The number of carbonyl (C=O) groups is 3. The maximum absolute atomic E-state index is 15.8. The second kappa shape index (κ2) is 14.3. The van der Waals surface area contributed by atoms with Crippen LogP contribution in [0.3, 0.4) is 0 Å². The average molecular weight is 761 g/mol. The highest BCUT2D eigenvalue weighted by Gasteiger charge is 2.55. The standard InChI is InChI=1S/C44H53FN8O3/c1-26(2)52-25-46-38-24-36(48-41(40(38)52)49-37-23-33(27(3)19-35(37)45)42(55)47-30-9-8-10-30)29-11-12-34-39(20-29)53(32-21-31(22-32)51-15-6-5-7-16-51)43(56)44(34)13-17-50(18-14-44)28(4)54/h11-12,19-20,23-26,30-32H,5-10,13-18,21-22H2,1-4H3,(H,47,55)(H,48,49). The van der Waals surface area contributed by atoms with Gasteiger partial charge >= 0.3 is 0 Å². The van der Waals surface area contributed by atoms with Gasteiger partial charge in [0.25, 0.3) is 5.91 Å². The number of pyridine rings is 1. The lowest BCUT2D eigenvalue weighted by molar-refractivity contribution is -0.134. The Hall–Kier alpha value is -4.84. The van der Waals surface area contributed by atoms with Crippen LogP contribution >= 0.6 is 0 Å². The molecule has 56 heavy (non-hydrogen) atoms. The molecule has 3 aliphatic heterocycles. The number of piperidine rings is 2. The van der Waals surface area contributed by atoms with Gasteiger partial charge in [-0.05, 0) is 127 Å². The van der Waals surface area contributed by atoms with Crippen LogP contribution < -0.4 is 15.5 Å². The van der Waals surface area contributed by atoms with Gasteiger partial charge in [-0.15, -0.1) is 0 Å². The highest BCUT2D eigenvalue weighted by molar-refractivity contribution is 6.09. The molecule has 0 atom stereocenters. The molecule has 9 rings (SSSR count). The summed E-state index contributed by atoms with van der Waals surface area (Å²) in [5, 5.41) is 6.37. The van der Waals surface area contributed by atoms with Crippen molar-refractivity contribution in [2.75, 3.05) is 36.4 Å². The van der Waals surface area contributed by atoms with Crippen molar-refractivity contribution < 1.29 is 18.8 Å². The van der Waals surface area contributed by atoms with Crippen LogP contribution in [0, 0.1) is 12.7 Å². The maximum atomic E-state index is 15.8. The van der Waals surface area contributed by atoms with Crippen molar-refractivity contribution in [2.24, 2.45) is 0 Å².